The van der Waals surface area contributed by atoms with Crippen LogP contribution in [-0.2, 0) is 20.1 Å². The summed E-state index contributed by atoms with van der Waals surface area (Å²) in [5.41, 5.74) is -5.65. The van der Waals surface area contributed by atoms with Crippen molar-refractivity contribution < 1.29 is 38.4 Å². The van der Waals surface area contributed by atoms with E-state index >= 15 is 0 Å². The number of quaternary nitrogens is 1. The predicted octanol–water partition coefficient (Wildman–Crippen LogP) is 1.80. The predicted molar refractivity (Wildman–Crippen MR) is 74.2 cm³/mol. The van der Waals surface area contributed by atoms with Crippen LogP contribution in [0.5, 0.6) is 0 Å². The molecule has 0 saturated carbocycles. The monoisotopic (exact) mass is 369 g/mol. The lowest BCUT2D eigenvalue weighted by Gasteiger charge is -2.32. The van der Waals surface area contributed by atoms with E-state index in [1.165, 1.54) is 0 Å². The fraction of sp³-hybridized carbons (Fsp3) is 1.00. The minimum absolute atomic E-state index is 0.288. The highest BCUT2D eigenvalue weighted by Crippen LogP contribution is 2.26. The average molecular weight is 369 g/mol. The van der Waals surface area contributed by atoms with Crippen molar-refractivity contribution >= 4 is 20.1 Å². The van der Waals surface area contributed by atoms with Crippen molar-refractivity contribution in [1.29, 1.82) is 0 Å². The molecule has 0 amide bonds. The Labute approximate surface area is 129 Å². The van der Waals surface area contributed by atoms with E-state index in [0.29, 0.717) is 3.89 Å². The Kier molecular flexibility index (Phi) is 7.79. The van der Waals surface area contributed by atoms with Gasteiger partial charge in [-0.25, -0.2) is 12.3 Å². The minimum atomic E-state index is -6.09. The summed E-state index contributed by atoms with van der Waals surface area (Å²) in [7, 11) is -8.98. The van der Waals surface area contributed by atoms with E-state index in [4.69, 9.17) is 13.0 Å². The maximum Gasteiger partial charge on any atom is 0.485 e. The highest BCUT2D eigenvalue weighted by atomic mass is 32.2. The number of halogens is 3. The quantitative estimate of drug-likeness (QED) is 0.419. The highest BCUT2D eigenvalue weighted by molar-refractivity contribution is 7.86. The highest BCUT2D eigenvalue weighted by Gasteiger charge is 2.42. The van der Waals surface area contributed by atoms with Crippen molar-refractivity contribution in [2.24, 2.45) is 0 Å². The molecule has 1 fully saturated rings. The number of hydrogen-bond acceptors (Lipinski definition) is 5. The molecule has 11 heteroatoms. The summed E-state index contributed by atoms with van der Waals surface area (Å²) in [4.78, 5) is 0. The standard InChI is InChI=1S/C10H22NO2S.CHF3O3S/c1-3-5-8-11(9-6-7-10-11)14(12,13)4-2;2-1(3,4)8(5,6)7/h3-10H2,1-2H3;(H,5,6,7)/q+1;/p-1. The van der Waals surface area contributed by atoms with Gasteiger partial charge in [-0.1, -0.05) is 13.3 Å². The maximum atomic E-state index is 12.0. The lowest BCUT2D eigenvalue weighted by Crippen LogP contribution is -2.51. The molecule has 0 unspecified atom stereocenters. The first kappa shape index (κ1) is 21.6. The molecule has 22 heavy (non-hydrogen) atoms. The molecule has 1 aliphatic rings. The van der Waals surface area contributed by atoms with Crippen LogP contribution in [-0.4, -0.2) is 56.2 Å². The minimum Gasteiger partial charge on any atom is -0.741 e. The Balaban J connectivity index is 0.000000472. The molecule has 0 aromatic rings. The molecule has 0 N–H and O–H groups in total. The van der Waals surface area contributed by atoms with Crippen LogP contribution < -0.4 is 0 Å². The molecular weight excluding hydrogens is 347 g/mol. The second-order valence-electron chi connectivity index (χ2n) is 5.06. The zero-order valence-electron chi connectivity index (χ0n) is 12.6. The lowest BCUT2D eigenvalue weighted by atomic mass is 10.3. The van der Waals surface area contributed by atoms with E-state index in [0.717, 1.165) is 45.3 Å². The van der Waals surface area contributed by atoms with Crippen LogP contribution in [0, 0.1) is 0 Å². The molecule has 0 radical (unpaired) electrons. The Bertz CT molecular complexity index is 537. The van der Waals surface area contributed by atoms with Crippen LogP contribution in [0.3, 0.4) is 0 Å². The molecule has 0 atom stereocenters. The van der Waals surface area contributed by atoms with Crippen molar-refractivity contribution in [2.75, 3.05) is 25.4 Å². The number of likely N-dealkylation sites (tertiary alicyclic amines) is 1. The fourth-order valence-corrected chi connectivity index (χ4v) is 4.04. The van der Waals surface area contributed by atoms with Crippen LogP contribution in [0.25, 0.3) is 0 Å². The van der Waals surface area contributed by atoms with E-state index in [9.17, 15) is 21.6 Å². The van der Waals surface area contributed by atoms with Gasteiger partial charge in [-0.05, 0) is 13.3 Å². The summed E-state index contributed by atoms with van der Waals surface area (Å²) in [6.45, 7) is 6.39. The van der Waals surface area contributed by atoms with Gasteiger partial charge in [-0.3, -0.25) is 0 Å². The van der Waals surface area contributed by atoms with E-state index in [1.54, 1.807) is 6.92 Å². The van der Waals surface area contributed by atoms with E-state index in [-0.39, 0.29) is 5.75 Å². The molecule has 0 aliphatic carbocycles. The Morgan fingerprint density at radius 2 is 1.45 bits per heavy atom. The zero-order valence-corrected chi connectivity index (χ0v) is 14.2. The molecule has 0 spiro atoms. The van der Waals surface area contributed by atoms with Crippen LogP contribution >= 0.6 is 0 Å². The van der Waals surface area contributed by atoms with Crippen molar-refractivity contribution in [2.45, 2.75) is 45.0 Å². The Hall–Kier alpha value is -0.390. The largest absolute Gasteiger partial charge is 0.741 e. The lowest BCUT2D eigenvalue weighted by molar-refractivity contribution is -0.793. The van der Waals surface area contributed by atoms with Gasteiger partial charge in [-0.2, -0.15) is 21.6 Å². The van der Waals surface area contributed by atoms with Gasteiger partial charge in [0.25, 0.3) is 10.0 Å². The summed E-state index contributed by atoms with van der Waals surface area (Å²) in [5.74, 6) is 0.288. The third-order valence-corrected chi connectivity index (χ3v) is 6.56. The molecule has 0 bridgehead atoms. The van der Waals surface area contributed by atoms with Gasteiger partial charge in [0.2, 0.25) is 0 Å². The first-order chi connectivity index (χ1) is 9.83. The van der Waals surface area contributed by atoms with Gasteiger partial charge in [0.1, 0.15) is 0 Å². The third kappa shape index (κ3) is 5.67. The van der Waals surface area contributed by atoms with Gasteiger partial charge in [0.05, 0.1) is 25.4 Å². The number of nitrogens with zero attached hydrogens (tertiary/aromatic N) is 1. The van der Waals surface area contributed by atoms with E-state index in [2.05, 4.69) is 6.92 Å². The molecule has 0 aromatic carbocycles. The second kappa shape index (κ2) is 7.93. The number of alkyl halides is 3. The number of rotatable bonds is 5. The van der Waals surface area contributed by atoms with Gasteiger partial charge < -0.3 is 4.55 Å². The Morgan fingerprint density at radius 1 is 1.05 bits per heavy atom. The molecular formula is C11H22F3NO5S2. The SMILES string of the molecule is CCCC[N+]1(S(=O)(=O)CC)CCCC1.O=S(=O)([O-])C(F)(F)F. The van der Waals surface area contributed by atoms with Gasteiger partial charge >= 0.3 is 5.51 Å². The second-order valence-corrected chi connectivity index (χ2v) is 8.95. The number of unbranched alkanes of at least 4 members (excludes halogenated alkanes) is 1. The first-order valence-electron chi connectivity index (χ1n) is 6.94. The van der Waals surface area contributed by atoms with Gasteiger partial charge in [0.15, 0.2) is 10.1 Å². The molecule has 1 rings (SSSR count). The fourth-order valence-electron chi connectivity index (χ4n) is 2.27. The zero-order chi connectivity index (χ0) is 17.7. The van der Waals surface area contributed by atoms with Crippen molar-refractivity contribution in [3.63, 3.8) is 0 Å². The van der Waals surface area contributed by atoms with E-state index in [1.807, 2.05) is 0 Å². The van der Waals surface area contributed by atoms with Crippen molar-refractivity contribution in [3.05, 3.63) is 0 Å². The Morgan fingerprint density at radius 3 is 1.73 bits per heavy atom. The van der Waals surface area contributed by atoms with Crippen LogP contribution in [0.15, 0.2) is 0 Å². The summed E-state index contributed by atoms with van der Waals surface area (Å²) < 4.78 is 83.3. The van der Waals surface area contributed by atoms with Crippen molar-refractivity contribution in [1.82, 2.24) is 0 Å². The van der Waals surface area contributed by atoms with Gasteiger partial charge in [0, 0.05) is 12.8 Å². The topological polar surface area (TPSA) is 91.3 Å². The maximum absolute atomic E-state index is 12.0. The summed E-state index contributed by atoms with van der Waals surface area (Å²) in [5, 5.41) is 0. The van der Waals surface area contributed by atoms with Crippen molar-refractivity contribution in [3.8, 4) is 0 Å². The molecule has 1 heterocycles. The summed E-state index contributed by atoms with van der Waals surface area (Å²) in [6, 6.07) is 0. The van der Waals surface area contributed by atoms with Crippen LogP contribution in [0.2, 0.25) is 0 Å². The molecule has 6 nitrogen and oxygen atoms in total. The summed E-state index contributed by atoms with van der Waals surface area (Å²) in [6.07, 6.45) is 4.25. The van der Waals surface area contributed by atoms with Crippen LogP contribution in [0.4, 0.5) is 13.2 Å². The average Bonchev–Trinajstić information content (AvgIpc) is 2.85. The van der Waals surface area contributed by atoms with Gasteiger partial charge in [-0.15, -0.1) is 0 Å². The first-order valence-corrected chi connectivity index (χ1v) is 9.96. The van der Waals surface area contributed by atoms with Crippen LogP contribution in [0.1, 0.15) is 39.5 Å². The smallest absolute Gasteiger partial charge is 0.485 e. The third-order valence-electron chi connectivity index (χ3n) is 3.54. The number of sulfonamides is 1. The number of hydrogen-bond donors (Lipinski definition) is 0. The van der Waals surface area contributed by atoms with E-state index < -0.39 is 25.6 Å². The molecule has 0 aromatic heterocycles. The molecule has 1 aliphatic heterocycles. The molecule has 134 valence electrons. The normalized spacial score (nSPS) is 18.6. The summed E-state index contributed by atoms with van der Waals surface area (Å²) >= 11 is 0. The molecule has 1 saturated heterocycles.